The molecular formula is C23H34IN3O2S. The van der Waals surface area contributed by atoms with Crippen molar-refractivity contribution in [3.63, 3.8) is 0 Å². The van der Waals surface area contributed by atoms with Crippen LogP contribution < -0.4 is 15.4 Å². The van der Waals surface area contributed by atoms with Crippen molar-refractivity contribution in [2.24, 2.45) is 4.99 Å². The van der Waals surface area contributed by atoms with Gasteiger partial charge in [-0.25, -0.2) is 0 Å². The van der Waals surface area contributed by atoms with Crippen molar-refractivity contribution in [1.82, 2.24) is 10.6 Å². The van der Waals surface area contributed by atoms with Crippen LogP contribution in [0.1, 0.15) is 37.1 Å². The second-order valence-electron chi connectivity index (χ2n) is 8.26. The lowest BCUT2D eigenvalue weighted by Crippen LogP contribution is -2.49. The molecule has 1 aliphatic heterocycles. The quantitative estimate of drug-likeness (QED) is 0.306. The number of rotatable bonds is 7. The van der Waals surface area contributed by atoms with Crippen molar-refractivity contribution < 1.29 is 9.47 Å². The summed E-state index contributed by atoms with van der Waals surface area (Å²) < 4.78 is 11.0. The van der Waals surface area contributed by atoms with Gasteiger partial charge in [-0.1, -0.05) is 32.0 Å². The van der Waals surface area contributed by atoms with Crippen LogP contribution in [-0.2, 0) is 15.6 Å². The maximum atomic E-state index is 5.66. The lowest BCUT2D eigenvalue weighted by molar-refractivity contribution is 0.0513. The molecule has 1 saturated heterocycles. The van der Waals surface area contributed by atoms with Crippen LogP contribution in [0.2, 0.25) is 0 Å². The van der Waals surface area contributed by atoms with E-state index in [-0.39, 0.29) is 34.8 Å². The van der Waals surface area contributed by atoms with Gasteiger partial charge in [0.05, 0.1) is 7.11 Å². The van der Waals surface area contributed by atoms with Crippen LogP contribution in [0.15, 0.2) is 46.8 Å². The molecule has 0 spiro atoms. The van der Waals surface area contributed by atoms with Gasteiger partial charge in [0.25, 0.3) is 0 Å². The van der Waals surface area contributed by atoms with Gasteiger partial charge in [-0.15, -0.1) is 35.3 Å². The molecule has 0 unspecified atom stereocenters. The first kappa shape index (κ1) is 24.9. The topological polar surface area (TPSA) is 54.9 Å². The fourth-order valence-corrected chi connectivity index (χ4v) is 4.66. The second-order valence-corrected chi connectivity index (χ2v) is 9.21. The number of aliphatic imine (C=N–C) groups is 1. The number of hydrogen-bond donors (Lipinski definition) is 2. The molecule has 0 aliphatic carbocycles. The molecule has 1 fully saturated rings. The lowest BCUT2D eigenvalue weighted by atomic mass is 9.74. The van der Waals surface area contributed by atoms with Gasteiger partial charge in [-0.2, -0.15) is 0 Å². The van der Waals surface area contributed by atoms with Gasteiger partial charge in [0.15, 0.2) is 5.96 Å². The average molecular weight is 544 g/mol. The maximum Gasteiger partial charge on any atom is 0.191 e. The monoisotopic (exact) mass is 543 g/mol. The summed E-state index contributed by atoms with van der Waals surface area (Å²) >= 11 is 1.80. The molecular weight excluding hydrogens is 509 g/mol. The van der Waals surface area contributed by atoms with E-state index in [2.05, 4.69) is 59.1 Å². The summed E-state index contributed by atoms with van der Waals surface area (Å²) in [6, 6.07) is 12.8. The molecule has 166 valence electrons. The maximum absolute atomic E-state index is 5.66. The minimum atomic E-state index is 0. The van der Waals surface area contributed by atoms with Crippen LogP contribution >= 0.6 is 35.3 Å². The first-order valence-corrected chi connectivity index (χ1v) is 11.1. The van der Waals surface area contributed by atoms with Crippen LogP contribution in [0, 0.1) is 0 Å². The van der Waals surface area contributed by atoms with E-state index < -0.39 is 0 Å². The van der Waals surface area contributed by atoms with E-state index in [0.29, 0.717) is 0 Å². The molecule has 3 rings (SSSR count). The molecule has 0 saturated carbocycles. The molecule has 0 radical (unpaired) electrons. The third-order valence-electron chi connectivity index (χ3n) is 5.86. The molecule has 30 heavy (non-hydrogen) atoms. The van der Waals surface area contributed by atoms with E-state index in [1.807, 2.05) is 19.2 Å². The van der Waals surface area contributed by atoms with Gasteiger partial charge >= 0.3 is 0 Å². The van der Waals surface area contributed by atoms with E-state index in [1.165, 1.54) is 10.4 Å². The summed E-state index contributed by atoms with van der Waals surface area (Å²) in [6.45, 7) is 7.73. The van der Waals surface area contributed by atoms with Crippen molar-refractivity contribution in [3.05, 3.63) is 52.2 Å². The number of nitrogens with zero attached hydrogens (tertiary/aromatic N) is 1. The van der Waals surface area contributed by atoms with Gasteiger partial charge < -0.3 is 20.1 Å². The molecule has 0 bridgehead atoms. The fourth-order valence-electron chi connectivity index (χ4n) is 3.80. The highest BCUT2D eigenvalue weighted by atomic mass is 127. The summed E-state index contributed by atoms with van der Waals surface area (Å²) in [7, 11) is 3.53. The predicted molar refractivity (Wildman–Crippen MR) is 137 cm³/mol. The molecule has 2 N–H and O–H groups in total. The number of halogens is 1. The number of guanidine groups is 1. The van der Waals surface area contributed by atoms with E-state index in [9.17, 15) is 0 Å². The predicted octanol–water partition coefficient (Wildman–Crippen LogP) is 4.57. The molecule has 1 aromatic heterocycles. The number of thiophene rings is 1. The molecule has 1 aliphatic rings. The van der Waals surface area contributed by atoms with Crippen LogP contribution in [0.3, 0.4) is 0 Å². The Kier molecular flexibility index (Phi) is 9.43. The van der Waals surface area contributed by atoms with Crippen molar-refractivity contribution in [2.45, 2.75) is 37.5 Å². The Morgan fingerprint density at radius 1 is 1.17 bits per heavy atom. The zero-order valence-electron chi connectivity index (χ0n) is 18.4. The van der Waals surface area contributed by atoms with Crippen LogP contribution in [-0.4, -0.2) is 46.4 Å². The Morgan fingerprint density at radius 3 is 2.43 bits per heavy atom. The first-order valence-electron chi connectivity index (χ1n) is 10.2. The Balaban J connectivity index is 0.00000320. The van der Waals surface area contributed by atoms with Crippen LogP contribution in [0.25, 0.3) is 0 Å². The fraction of sp³-hybridized carbons (Fsp3) is 0.522. The van der Waals surface area contributed by atoms with E-state index in [0.717, 1.165) is 50.9 Å². The number of benzene rings is 1. The molecule has 2 heterocycles. The summed E-state index contributed by atoms with van der Waals surface area (Å²) in [5, 5.41) is 9.23. The highest BCUT2D eigenvalue weighted by molar-refractivity contribution is 14.0. The second kappa shape index (κ2) is 11.3. The van der Waals surface area contributed by atoms with Gasteiger partial charge in [0, 0.05) is 49.1 Å². The van der Waals surface area contributed by atoms with Crippen molar-refractivity contribution >= 4 is 41.3 Å². The van der Waals surface area contributed by atoms with E-state index in [1.54, 1.807) is 18.4 Å². The van der Waals surface area contributed by atoms with E-state index in [4.69, 9.17) is 9.47 Å². The molecule has 0 atom stereocenters. The zero-order chi connectivity index (χ0) is 20.7. The number of ether oxygens (including phenoxy) is 2. The van der Waals surface area contributed by atoms with Gasteiger partial charge in [-0.05, 0) is 42.0 Å². The highest BCUT2D eigenvalue weighted by Crippen LogP contribution is 2.35. The minimum Gasteiger partial charge on any atom is -0.497 e. The smallest absolute Gasteiger partial charge is 0.191 e. The Morgan fingerprint density at radius 2 is 1.87 bits per heavy atom. The largest absolute Gasteiger partial charge is 0.497 e. The summed E-state index contributed by atoms with van der Waals surface area (Å²) in [5.74, 6) is 1.73. The highest BCUT2D eigenvalue weighted by Gasteiger charge is 2.35. The van der Waals surface area contributed by atoms with Gasteiger partial charge in [0.2, 0.25) is 0 Å². The standard InChI is InChI=1S/C23H33N3O2S.HI/c1-22(2,20-6-5-15-29-20)16-25-21(24-3)26-17-23(11-13-28-14-12-23)18-7-9-19(27-4)10-8-18;/h5-10,15H,11-14,16-17H2,1-4H3,(H2,24,25,26);1H. The Bertz CT molecular complexity index is 785. The van der Waals surface area contributed by atoms with E-state index >= 15 is 0 Å². The minimum absolute atomic E-state index is 0. The molecule has 2 aromatic rings. The van der Waals surface area contributed by atoms with Crippen LogP contribution in [0.5, 0.6) is 5.75 Å². The first-order chi connectivity index (χ1) is 14.0. The SMILES string of the molecule is CN=C(NCC(C)(C)c1cccs1)NCC1(c2ccc(OC)cc2)CCOCC1.I. The van der Waals surface area contributed by atoms with Crippen LogP contribution in [0.4, 0.5) is 0 Å². The third-order valence-corrected chi connectivity index (χ3v) is 7.09. The lowest BCUT2D eigenvalue weighted by Gasteiger charge is -2.38. The average Bonchev–Trinajstić information content (AvgIpc) is 3.31. The molecule has 0 amide bonds. The Hall–Kier alpha value is -1.32. The van der Waals surface area contributed by atoms with Gasteiger partial charge in [0.1, 0.15) is 5.75 Å². The summed E-state index contributed by atoms with van der Waals surface area (Å²) in [4.78, 5) is 5.83. The third kappa shape index (κ3) is 6.11. The normalized spacial score (nSPS) is 16.5. The van der Waals surface area contributed by atoms with Crippen molar-refractivity contribution in [2.75, 3.05) is 40.5 Å². The molecule has 1 aromatic carbocycles. The number of hydrogen-bond acceptors (Lipinski definition) is 4. The Labute approximate surface area is 201 Å². The van der Waals surface area contributed by atoms with Crippen molar-refractivity contribution in [1.29, 1.82) is 0 Å². The molecule has 7 heteroatoms. The number of methoxy groups -OCH3 is 1. The summed E-state index contributed by atoms with van der Waals surface area (Å²) in [5.41, 5.74) is 1.41. The van der Waals surface area contributed by atoms with Crippen molar-refractivity contribution in [3.8, 4) is 5.75 Å². The molecule has 5 nitrogen and oxygen atoms in total. The zero-order valence-corrected chi connectivity index (χ0v) is 21.5. The number of nitrogens with one attached hydrogen (secondary N) is 2. The summed E-state index contributed by atoms with van der Waals surface area (Å²) in [6.07, 6.45) is 1.98. The van der Waals surface area contributed by atoms with Gasteiger partial charge in [-0.3, -0.25) is 4.99 Å².